The van der Waals surface area contributed by atoms with Gasteiger partial charge in [-0.15, -0.1) is 0 Å². The second-order valence-electron chi connectivity index (χ2n) is 3.08. The van der Waals surface area contributed by atoms with Gasteiger partial charge in [0.1, 0.15) is 0 Å². The first-order valence-electron chi connectivity index (χ1n) is 3.33. The average Bonchev–Trinajstić information content (AvgIpc) is 1.60. The van der Waals surface area contributed by atoms with E-state index < -0.39 is 0 Å². The highest BCUT2D eigenvalue weighted by Crippen LogP contribution is 2.16. The fourth-order valence-corrected chi connectivity index (χ4v) is 0.546. The van der Waals surface area contributed by atoms with Crippen molar-refractivity contribution in [1.82, 2.24) is 5.32 Å². The van der Waals surface area contributed by atoms with E-state index in [0.717, 1.165) is 0 Å². The maximum absolute atomic E-state index is 10.6. The van der Waals surface area contributed by atoms with Gasteiger partial charge in [0.25, 0.3) is 0 Å². The van der Waals surface area contributed by atoms with Crippen LogP contribution in [-0.2, 0) is 4.79 Å². The minimum atomic E-state index is -0.147. The van der Waals surface area contributed by atoms with Crippen LogP contribution in [-0.4, -0.2) is 16.7 Å². The Balaban J connectivity index is 3.85. The van der Waals surface area contributed by atoms with Crippen molar-refractivity contribution in [1.29, 1.82) is 0 Å². The lowest BCUT2D eigenvalue weighted by atomic mass is 10.1. The van der Waals surface area contributed by atoms with Crippen LogP contribution in [0.4, 0.5) is 0 Å². The van der Waals surface area contributed by atoms with Crippen molar-refractivity contribution in [2.45, 2.75) is 38.5 Å². The summed E-state index contributed by atoms with van der Waals surface area (Å²) >= 11 is 4.31. The average molecular weight is 161 g/mol. The van der Waals surface area contributed by atoms with Crippen molar-refractivity contribution in [3.63, 3.8) is 0 Å². The van der Waals surface area contributed by atoms with Gasteiger partial charge in [0, 0.05) is 17.7 Å². The van der Waals surface area contributed by atoms with Crippen LogP contribution in [0.2, 0.25) is 0 Å². The maximum atomic E-state index is 10.6. The minimum absolute atomic E-state index is 0.00498. The molecule has 0 saturated carbocycles. The fourth-order valence-electron chi connectivity index (χ4n) is 0.482. The lowest BCUT2D eigenvalue weighted by Gasteiger charge is -2.26. The summed E-state index contributed by atoms with van der Waals surface area (Å²) in [6.45, 7) is 7.39. The van der Waals surface area contributed by atoms with Gasteiger partial charge in [0.2, 0.25) is 5.91 Å². The van der Waals surface area contributed by atoms with Gasteiger partial charge in [-0.05, 0) is 20.8 Å². The minimum Gasteiger partial charge on any atom is -0.353 e. The molecule has 0 aliphatic carbocycles. The van der Waals surface area contributed by atoms with Crippen molar-refractivity contribution in [3.8, 4) is 0 Å². The van der Waals surface area contributed by atoms with Crippen molar-refractivity contribution in [3.05, 3.63) is 0 Å². The fraction of sp³-hybridized carbons (Fsp3) is 0.857. The Morgan fingerprint density at radius 3 is 2.10 bits per heavy atom. The first kappa shape index (κ1) is 9.82. The van der Waals surface area contributed by atoms with E-state index in [1.807, 2.05) is 20.8 Å². The van der Waals surface area contributed by atoms with E-state index in [-0.39, 0.29) is 16.7 Å². The molecule has 0 aliphatic heterocycles. The third-order valence-electron chi connectivity index (χ3n) is 1.48. The summed E-state index contributed by atoms with van der Waals surface area (Å²) in [5.74, 6) is -0.00498. The largest absolute Gasteiger partial charge is 0.353 e. The van der Waals surface area contributed by atoms with E-state index in [2.05, 4.69) is 17.9 Å². The molecule has 1 atom stereocenters. The van der Waals surface area contributed by atoms with Crippen LogP contribution >= 0.6 is 12.6 Å². The van der Waals surface area contributed by atoms with Crippen molar-refractivity contribution in [2.24, 2.45) is 0 Å². The Morgan fingerprint density at radius 2 is 2.00 bits per heavy atom. The molecule has 0 unspecified atom stereocenters. The molecule has 0 fully saturated rings. The zero-order valence-corrected chi connectivity index (χ0v) is 7.83. The molecule has 60 valence electrons. The molecule has 0 spiro atoms. The highest BCUT2D eigenvalue weighted by molar-refractivity contribution is 7.81. The van der Waals surface area contributed by atoms with E-state index in [0.29, 0.717) is 0 Å². The highest BCUT2D eigenvalue weighted by Gasteiger charge is 2.21. The molecule has 0 heterocycles. The number of nitrogens with one attached hydrogen (secondary N) is 1. The molecular formula is C7H15NOS. The van der Waals surface area contributed by atoms with E-state index in [1.165, 1.54) is 6.92 Å². The summed E-state index contributed by atoms with van der Waals surface area (Å²) in [7, 11) is 0. The Kier molecular flexibility index (Phi) is 3.22. The maximum Gasteiger partial charge on any atom is 0.217 e. The summed E-state index contributed by atoms with van der Waals surface area (Å²) in [6.07, 6.45) is 0. The van der Waals surface area contributed by atoms with Crippen molar-refractivity contribution < 1.29 is 4.79 Å². The van der Waals surface area contributed by atoms with Crippen LogP contribution in [0.1, 0.15) is 27.7 Å². The number of carbonyl (C=O) groups is 1. The first-order chi connectivity index (χ1) is 4.34. The molecule has 3 heteroatoms. The van der Waals surface area contributed by atoms with E-state index in [9.17, 15) is 4.79 Å². The molecule has 1 amide bonds. The molecule has 0 aromatic carbocycles. The molecule has 0 bridgehead atoms. The van der Waals surface area contributed by atoms with Crippen molar-refractivity contribution >= 4 is 18.5 Å². The third-order valence-corrected chi connectivity index (χ3v) is 1.87. The number of thiol groups is 1. The smallest absolute Gasteiger partial charge is 0.217 e. The van der Waals surface area contributed by atoms with Crippen LogP contribution < -0.4 is 5.32 Å². The van der Waals surface area contributed by atoms with Gasteiger partial charge >= 0.3 is 0 Å². The SMILES string of the molecule is CC(=O)N[C@@H](C)C(C)(C)S. The Labute approximate surface area is 67.8 Å². The molecule has 1 N–H and O–H groups in total. The van der Waals surface area contributed by atoms with E-state index in [4.69, 9.17) is 0 Å². The van der Waals surface area contributed by atoms with Crippen LogP contribution in [0.3, 0.4) is 0 Å². The Morgan fingerprint density at radius 1 is 1.60 bits per heavy atom. The molecular weight excluding hydrogens is 146 g/mol. The topological polar surface area (TPSA) is 29.1 Å². The van der Waals surface area contributed by atoms with Crippen LogP contribution in [0, 0.1) is 0 Å². The molecule has 2 nitrogen and oxygen atoms in total. The molecule has 0 aromatic heterocycles. The van der Waals surface area contributed by atoms with Crippen LogP contribution in [0.25, 0.3) is 0 Å². The lowest BCUT2D eigenvalue weighted by molar-refractivity contribution is -0.119. The van der Waals surface area contributed by atoms with Crippen LogP contribution in [0.5, 0.6) is 0 Å². The van der Waals surface area contributed by atoms with Gasteiger partial charge in [-0.25, -0.2) is 0 Å². The van der Waals surface area contributed by atoms with Gasteiger partial charge in [-0.3, -0.25) is 4.79 Å². The molecule has 0 aliphatic rings. The standard InChI is InChI=1S/C7H15NOS/c1-5(7(3,4)10)8-6(2)9/h5,10H,1-4H3,(H,8,9)/t5-/m0/s1. The van der Waals surface area contributed by atoms with E-state index >= 15 is 0 Å². The summed E-state index contributed by atoms with van der Waals surface area (Å²) in [4.78, 5) is 10.6. The number of hydrogen-bond donors (Lipinski definition) is 2. The molecule has 10 heavy (non-hydrogen) atoms. The highest BCUT2D eigenvalue weighted by atomic mass is 32.1. The summed E-state index contributed by atoms with van der Waals surface area (Å²) in [5.41, 5.74) is 0. The number of carbonyl (C=O) groups excluding carboxylic acids is 1. The molecule has 0 aromatic rings. The van der Waals surface area contributed by atoms with Gasteiger partial charge < -0.3 is 5.32 Å². The van der Waals surface area contributed by atoms with E-state index in [1.54, 1.807) is 0 Å². The zero-order valence-electron chi connectivity index (χ0n) is 6.93. The summed E-state index contributed by atoms with van der Waals surface area (Å²) in [5, 5.41) is 2.77. The summed E-state index contributed by atoms with van der Waals surface area (Å²) < 4.78 is -0.147. The Hall–Kier alpha value is -0.180. The Bertz CT molecular complexity index is 128. The van der Waals surface area contributed by atoms with Gasteiger partial charge in [-0.2, -0.15) is 12.6 Å². The second kappa shape index (κ2) is 3.28. The predicted octanol–water partition coefficient (Wildman–Crippen LogP) is 1.22. The van der Waals surface area contributed by atoms with Gasteiger partial charge in [0.05, 0.1) is 0 Å². The number of hydrogen-bond acceptors (Lipinski definition) is 2. The quantitative estimate of drug-likeness (QED) is 0.586. The van der Waals surface area contributed by atoms with Gasteiger partial charge in [-0.1, -0.05) is 0 Å². The molecule has 0 rings (SSSR count). The number of amides is 1. The first-order valence-corrected chi connectivity index (χ1v) is 3.78. The predicted molar refractivity (Wildman–Crippen MR) is 46.3 cm³/mol. The van der Waals surface area contributed by atoms with Crippen molar-refractivity contribution in [2.75, 3.05) is 0 Å². The number of rotatable bonds is 2. The lowest BCUT2D eigenvalue weighted by Crippen LogP contribution is -2.43. The molecule has 0 saturated heterocycles. The monoisotopic (exact) mass is 161 g/mol. The normalized spacial score (nSPS) is 14.5. The van der Waals surface area contributed by atoms with Crippen LogP contribution in [0.15, 0.2) is 0 Å². The second-order valence-corrected chi connectivity index (χ2v) is 4.23. The third kappa shape index (κ3) is 3.77. The van der Waals surface area contributed by atoms with Gasteiger partial charge in [0.15, 0.2) is 0 Å². The summed E-state index contributed by atoms with van der Waals surface area (Å²) in [6, 6.07) is 0.105. The zero-order chi connectivity index (χ0) is 8.36. The molecule has 0 radical (unpaired) electrons.